The van der Waals surface area contributed by atoms with Gasteiger partial charge in [-0.1, -0.05) is 0 Å². The molecule has 2 aromatic heterocycles. The van der Waals surface area contributed by atoms with Crippen LogP contribution in [-0.4, -0.2) is 21.1 Å². The van der Waals surface area contributed by atoms with Crippen molar-refractivity contribution in [2.75, 3.05) is 5.32 Å². The number of hydrogen-bond donors (Lipinski definition) is 1. The quantitative estimate of drug-likeness (QED) is 0.756. The van der Waals surface area contributed by atoms with Gasteiger partial charge in [0.25, 0.3) is 5.91 Å². The molecule has 1 N–H and O–H groups in total. The van der Waals surface area contributed by atoms with Crippen molar-refractivity contribution in [3.8, 4) is 0 Å². The van der Waals surface area contributed by atoms with Crippen molar-refractivity contribution in [2.24, 2.45) is 0 Å². The van der Waals surface area contributed by atoms with Crippen LogP contribution in [0.1, 0.15) is 27.8 Å². The third-order valence-electron chi connectivity index (χ3n) is 3.20. The largest absolute Gasteiger partial charge is 0.321 e. The fourth-order valence-electron chi connectivity index (χ4n) is 2.06. The molecule has 0 radical (unpaired) electrons. The van der Waals surface area contributed by atoms with Crippen molar-refractivity contribution < 1.29 is 14.0 Å². The van der Waals surface area contributed by atoms with Gasteiger partial charge in [0.05, 0.1) is 0 Å². The molecule has 6 heteroatoms. The summed E-state index contributed by atoms with van der Waals surface area (Å²) in [4.78, 5) is 27.5. The van der Waals surface area contributed by atoms with E-state index in [1.807, 2.05) is 0 Å². The molecule has 0 saturated carbocycles. The van der Waals surface area contributed by atoms with Gasteiger partial charge in [-0.2, -0.15) is 0 Å². The molecular formula is C16H12FN3O2. The number of imidazole rings is 1. The number of rotatable bonds is 3. The molecule has 0 unspecified atom stereocenters. The molecule has 3 aromatic rings. The van der Waals surface area contributed by atoms with E-state index in [1.165, 1.54) is 35.9 Å². The van der Waals surface area contributed by atoms with Crippen LogP contribution in [0.15, 0.2) is 48.8 Å². The zero-order valence-corrected chi connectivity index (χ0v) is 11.7. The molecule has 0 aliphatic carbocycles. The van der Waals surface area contributed by atoms with Gasteiger partial charge in [-0.25, -0.2) is 9.37 Å². The van der Waals surface area contributed by atoms with Crippen molar-refractivity contribution in [1.29, 1.82) is 0 Å². The average Bonchev–Trinajstić information content (AvgIpc) is 2.91. The third kappa shape index (κ3) is 2.71. The number of benzene rings is 1. The number of aromatic nitrogens is 2. The molecule has 22 heavy (non-hydrogen) atoms. The van der Waals surface area contributed by atoms with Crippen LogP contribution in [0.3, 0.4) is 0 Å². The van der Waals surface area contributed by atoms with Gasteiger partial charge in [0.15, 0.2) is 5.78 Å². The number of ketones is 1. The van der Waals surface area contributed by atoms with Crippen molar-refractivity contribution >= 4 is 23.0 Å². The average molecular weight is 297 g/mol. The molecule has 1 aromatic carbocycles. The highest BCUT2D eigenvalue weighted by Gasteiger charge is 2.11. The highest BCUT2D eigenvalue weighted by molar-refractivity contribution is 6.03. The minimum absolute atomic E-state index is 0.0414. The number of anilines is 1. The van der Waals surface area contributed by atoms with E-state index in [1.54, 1.807) is 24.3 Å². The molecule has 0 aliphatic heterocycles. The first-order chi connectivity index (χ1) is 10.5. The third-order valence-corrected chi connectivity index (χ3v) is 3.20. The van der Waals surface area contributed by atoms with Crippen LogP contribution in [0.2, 0.25) is 0 Å². The van der Waals surface area contributed by atoms with Crippen LogP contribution in [0, 0.1) is 5.82 Å². The monoisotopic (exact) mass is 297 g/mol. The standard InChI is InChI=1S/C16H12FN3O2/c1-10(21)11-2-5-13(6-3-11)18-16(22)14-9-20-8-12(17)4-7-15(20)19-14/h2-9H,1H3,(H,18,22). The topological polar surface area (TPSA) is 63.5 Å². The summed E-state index contributed by atoms with van der Waals surface area (Å²) < 4.78 is 14.6. The Bertz CT molecular complexity index is 869. The molecule has 0 aliphatic rings. The summed E-state index contributed by atoms with van der Waals surface area (Å²) in [6, 6.07) is 9.33. The van der Waals surface area contributed by atoms with Crippen LogP contribution in [0.25, 0.3) is 5.65 Å². The van der Waals surface area contributed by atoms with Gasteiger partial charge in [-0.05, 0) is 43.3 Å². The van der Waals surface area contributed by atoms with Crippen molar-refractivity contribution in [3.63, 3.8) is 0 Å². The number of pyridine rings is 1. The summed E-state index contributed by atoms with van der Waals surface area (Å²) in [5.74, 6) is -0.850. The van der Waals surface area contributed by atoms with Crippen molar-refractivity contribution in [3.05, 3.63) is 65.9 Å². The Morgan fingerprint density at radius 2 is 1.82 bits per heavy atom. The van der Waals surface area contributed by atoms with Crippen molar-refractivity contribution in [2.45, 2.75) is 6.92 Å². The van der Waals surface area contributed by atoms with Gasteiger partial charge >= 0.3 is 0 Å². The lowest BCUT2D eigenvalue weighted by atomic mass is 10.1. The molecular weight excluding hydrogens is 285 g/mol. The zero-order chi connectivity index (χ0) is 15.7. The van der Waals surface area contributed by atoms with Gasteiger partial charge in [-0.3, -0.25) is 9.59 Å². The Kier molecular flexibility index (Phi) is 3.42. The summed E-state index contributed by atoms with van der Waals surface area (Å²) in [5.41, 5.74) is 1.79. The molecule has 1 amide bonds. The first-order valence-corrected chi connectivity index (χ1v) is 6.59. The molecule has 0 fully saturated rings. The molecule has 5 nitrogen and oxygen atoms in total. The van der Waals surface area contributed by atoms with E-state index in [0.29, 0.717) is 16.9 Å². The van der Waals surface area contributed by atoms with E-state index in [2.05, 4.69) is 10.3 Å². The van der Waals surface area contributed by atoms with E-state index in [4.69, 9.17) is 0 Å². The van der Waals surface area contributed by atoms with Gasteiger partial charge in [0.1, 0.15) is 17.2 Å². The minimum Gasteiger partial charge on any atom is -0.321 e. The van der Waals surface area contributed by atoms with Gasteiger partial charge < -0.3 is 9.72 Å². The van der Waals surface area contributed by atoms with Crippen LogP contribution >= 0.6 is 0 Å². The van der Waals surface area contributed by atoms with Crippen molar-refractivity contribution in [1.82, 2.24) is 9.38 Å². The maximum atomic E-state index is 13.1. The lowest BCUT2D eigenvalue weighted by Gasteiger charge is -2.03. The second kappa shape index (κ2) is 5.40. The van der Waals surface area contributed by atoms with E-state index < -0.39 is 11.7 Å². The number of nitrogens with one attached hydrogen (secondary N) is 1. The normalized spacial score (nSPS) is 10.6. The molecule has 110 valence electrons. The number of hydrogen-bond acceptors (Lipinski definition) is 3. The first-order valence-electron chi connectivity index (χ1n) is 6.59. The second-order valence-electron chi connectivity index (χ2n) is 4.83. The highest BCUT2D eigenvalue weighted by Crippen LogP contribution is 2.13. The lowest BCUT2D eigenvalue weighted by molar-refractivity contribution is 0.101. The predicted molar refractivity (Wildman–Crippen MR) is 79.5 cm³/mol. The Balaban J connectivity index is 1.81. The molecule has 0 atom stereocenters. The maximum Gasteiger partial charge on any atom is 0.275 e. The summed E-state index contributed by atoms with van der Waals surface area (Å²) in [6.45, 7) is 1.48. The van der Waals surface area contributed by atoms with Crippen LogP contribution in [0.5, 0.6) is 0 Å². The SMILES string of the molecule is CC(=O)c1ccc(NC(=O)c2cn3cc(F)ccc3n2)cc1. The number of Topliss-reactive ketones (excluding diaryl/α,β-unsaturated/α-hetero) is 1. The fourth-order valence-corrected chi connectivity index (χ4v) is 2.06. The molecule has 0 spiro atoms. The number of carbonyl (C=O) groups excluding carboxylic acids is 2. The molecule has 0 saturated heterocycles. The Labute approximate surface area is 125 Å². The molecule has 2 heterocycles. The predicted octanol–water partition coefficient (Wildman–Crippen LogP) is 2.93. The van der Waals surface area contributed by atoms with Gasteiger partial charge in [-0.15, -0.1) is 0 Å². The molecule has 3 rings (SSSR count). The Morgan fingerprint density at radius 1 is 1.09 bits per heavy atom. The summed E-state index contributed by atoms with van der Waals surface area (Å²) in [6.07, 6.45) is 2.71. The van der Waals surface area contributed by atoms with Gasteiger partial charge in [0, 0.05) is 23.6 Å². The van der Waals surface area contributed by atoms with Crippen LogP contribution in [0.4, 0.5) is 10.1 Å². The van der Waals surface area contributed by atoms with E-state index in [9.17, 15) is 14.0 Å². The lowest BCUT2D eigenvalue weighted by Crippen LogP contribution is -2.12. The summed E-state index contributed by atoms with van der Waals surface area (Å²) in [5, 5.41) is 2.68. The number of amides is 1. The number of nitrogens with zero attached hydrogens (tertiary/aromatic N) is 2. The van der Waals surface area contributed by atoms with Gasteiger partial charge in [0.2, 0.25) is 0 Å². The Morgan fingerprint density at radius 3 is 2.50 bits per heavy atom. The highest BCUT2D eigenvalue weighted by atomic mass is 19.1. The van der Waals surface area contributed by atoms with E-state index >= 15 is 0 Å². The zero-order valence-electron chi connectivity index (χ0n) is 11.7. The maximum absolute atomic E-state index is 13.1. The van der Waals surface area contributed by atoms with E-state index in [-0.39, 0.29) is 11.5 Å². The van der Waals surface area contributed by atoms with Crippen LogP contribution in [-0.2, 0) is 0 Å². The first kappa shape index (κ1) is 13.9. The summed E-state index contributed by atoms with van der Waals surface area (Å²) in [7, 11) is 0. The Hall–Kier alpha value is -3.02. The fraction of sp³-hybridized carbons (Fsp3) is 0.0625. The van der Waals surface area contributed by atoms with E-state index in [0.717, 1.165) is 0 Å². The smallest absolute Gasteiger partial charge is 0.275 e. The number of carbonyl (C=O) groups is 2. The summed E-state index contributed by atoms with van der Waals surface area (Å²) >= 11 is 0. The number of halogens is 1. The minimum atomic E-state index is -0.406. The van der Waals surface area contributed by atoms with Crippen LogP contribution < -0.4 is 5.32 Å². The molecule has 0 bridgehead atoms. The second-order valence-corrected chi connectivity index (χ2v) is 4.83. The number of fused-ring (bicyclic) bond motifs is 1.